The fraction of sp³-hybridized carbons (Fsp3) is 0.231. The fourth-order valence-electron chi connectivity index (χ4n) is 3.42. The average molecular weight is 422 g/mol. The van der Waals surface area contributed by atoms with Crippen LogP contribution in [0.25, 0.3) is 0 Å². The highest BCUT2D eigenvalue weighted by Gasteiger charge is 2.23. The van der Waals surface area contributed by atoms with Crippen LogP contribution in [-0.2, 0) is 11.8 Å². The van der Waals surface area contributed by atoms with Crippen molar-refractivity contribution >= 4 is 23.0 Å². The zero-order valence-electron chi connectivity index (χ0n) is 17.2. The Morgan fingerprint density at radius 3 is 2.40 bits per heavy atom. The third-order valence-corrected chi connectivity index (χ3v) is 5.59. The number of aryl methyl sites for hydroxylation is 1. The fourth-order valence-corrected chi connectivity index (χ4v) is 3.54. The van der Waals surface area contributed by atoms with Crippen molar-refractivity contribution in [3.05, 3.63) is 88.7 Å². The zero-order chi connectivity index (χ0) is 21.6. The van der Waals surface area contributed by atoms with Crippen LogP contribution in [0.15, 0.2) is 66.7 Å². The lowest BCUT2D eigenvalue weighted by atomic mass is 9.78. The minimum atomic E-state index is -0.364. The summed E-state index contributed by atoms with van der Waals surface area (Å²) in [6, 6.07) is 20.2. The highest BCUT2D eigenvalue weighted by molar-refractivity contribution is 6.30. The Morgan fingerprint density at radius 2 is 1.77 bits per heavy atom. The number of ether oxygens (including phenoxy) is 1. The second kappa shape index (κ2) is 9.69. The second-order valence-electron chi connectivity index (χ2n) is 7.50. The van der Waals surface area contributed by atoms with Crippen LogP contribution in [0, 0.1) is 18.2 Å². The van der Waals surface area contributed by atoms with Gasteiger partial charge in [-0.15, -0.1) is 6.42 Å². The lowest BCUT2D eigenvalue weighted by Gasteiger charge is -2.24. The van der Waals surface area contributed by atoms with E-state index in [0.29, 0.717) is 10.7 Å². The molecule has 3 rings (SSSR count). The predicted molar refractivity (Wildman–Crippen MR) is 123 cm³/mol. The van der Waals surface area contributed by atoms with Crippen molar-refractivity contribution < 1.29 is 9.13 Å². The van der Waals surface area contributed by atoms with Gasteiger partial charge in [-0.05, 0) is 85.8 Å². The van der Waals surface area contributed by atoms with Gasteiger partial charge in [-0.1, -0.05) is 35.7 Å². The minimum absolute atomic E-state index is 0.291. The Hall–Kier alpha value is -2.96. The number of hydrogen-bond donors (Lipinski definition) is 1. The summed E-state index contributed by atoms with van der Waals surface area (Å²) in [5.74, 6) is 3.47. The zero-order valence-corrected chi connectivity index (χ0v) is 18.0. The largest absolute Gasteiger partial charge is 0.497 e. The molecule has 0 aromatic heterocycles. The lowest BCUT2D eigenvalue weighted by Crippen LogP contribution is -2.19. The van der Waals surface area contributed by atoms with Crippen LogP contribution < -0.4 is 10.1 Å². The van der Waals surface area contributed by atoms with Gasteiger partial charge in [-0.2, -0.15) is 0 Å². The molecule has 0 amide bonds. The van der Waals surface area contributed by atoms with Gasteiger partial charge < -0.3 is 10.1 Å². The van der Waals surface area contributed by atoms with Gasteiger partial charge in [0.15, 0.2) is 0 Å². The predicted octanol–water partition coefficient (Wildman–Crippen LogP) is 7.15. The summed E-state index contributed by atoms with van der Waals surface area (Å²) in [5, 5.41) is 3.76. The summed E-state index contributed by atoms with van der Waals surface area (Å²) < 4.78 is 19.5. The van der Waals surface area contributed by atoms with Crippen molar-refractivity contribution in [1.29, 1.82) is 0 Å². The van der Waals surface area contributed by atoms with Gasteiger partial charge in [-0.25, -0.2) is 4.39 Å². The highest BCUT2D eigenvalue weighted by atomic mass is 35.5. The van der Waals surface area contributed by atoms with E-state index in [1.165, 1.54) is 6.07 Å². The Balaban J connectivity index is 1.66. The molecule has 154 valence electrons. The van der Waals surface area contributed by atoms with E-state index >= 15 is 0 Å². The molecule has 4 heteroatoms. The maximum Gasteiger partial charge on any atom is 0.146 e. The van der Waals surface area contributed by atoms with Crippen LogP contribution in [-0.4, -0.2) is 7.11 Å². The molecule has 3 aromatic rings. The first-order valence-electron chi connectivity index (χ1n) is 9.87. The topological polar surface area (TPSA) is 21.3 Å². The number of nitrogens with one attached hydrogen (secondary N) is 1. The number of halogens is 2. The number of rotatable bonds is 8. The molecule has 3 aromatic carbocycles. The Morgan fingerprint density at radius 1 is 1.07 bits per heavy atom. The minimum Gasteiger partial charge on any atom is -0.497 e. The Kier molecular flexibility index (Phi) is 7.03. The van der Waals surface area contributed by atoms with Crippen molar-refractivity contribution in [1.82, 2.24) is 0 Å². The Bertz CT molecular complexity index is 1020. The van der Waals surface area contributed by atoms with Gasteiger partial charge in [-0.3, -0.25) is 0 Å². The van der Waals surface area contributed by atoms with E-state index < -0.39 is 0 Å². The quantitative estimate of drug-likeness (QED) is 0.390. The van der Waals surface area contributed by atoms with Crippen LogP contribution in [0.5, 0.6) is 5.75 Å². The van der Waals surface area contributed by atoms with Crippen molar-refractivity contribution in [3.63, 3.8) is 0 Å². The molecule has 1 atom stereocenters. The van der Waals surface area contributed by atoms with Crippen LogP contribution in [0.1, 0.15) is 30.9 Å². The van der Waals surface area contributed by atoms with Crippen molar-refractivity contribution in [2.45, 2.75) is 31.6 Å². The molecule has 0 spiro atoms. The standard InChI is InChI=1S/C26H25ClFNO/c1-4-26(2,20-8-14-23(30-3)15-9-20)17-5-6-19-7-16-24(28)25(18-19)29-22-12-10-21(27)11-13-22/h1,7-16,18,29H,5-6,17H2,2-3H3. The molecular formula is C26H25ClFNO. The number of hydrogen-bond acceptors (Lipinski definition) is 2. The van der Waals surface area contributed by atoms with Crippen LogP contribution in [0.2, 0.25) is 5.02 Å². The molecule has 1 N–H and O–H groups in total. The van der Waals surface area contributed by atoms with Gasteiger partial charge in [0, 0.05) is 10.7 Å². The molecule has 0 saturated carbocycles. The van der Waals surface area contributed by atoms with Gasteiger partial charge in [0.2, 0.25) is 0 Å². The molecule has 0 aliphatic rings. The van der Waals surface area contributed by atoms with Crippen molar-refractivity contribution in [2.75, 3.05) is 12.4 Å². The lowest BCUT2D eigenvalue weighted by molar-refractivity contribution is 0.414. The van der Waals surface area contributed by atoms with E-state index in [0.717, 1.165) is 41.8 Å². The number of terminal acetylenes is 1. The maximum absolute atomic E-state index is 14.3. The van der Waals surface area contributed by atoms with Gasteiger partial charge in [0.05, 0.1) is 18.2 Å². The van der Waals surface area contributed by atoms with E-state index in [1.54, 1.807) is 19.2 Å². The Labute approximate surface area is 183 Å². The molecule has 1 unspecified atom stereocenters. The van der Waals surface area contributed by atoms with Crippen molar-refractivity contribution in [2.24, 2.45) is 0 Å². The monoisotopic (exact) mass is 421 g/mol. The first-order chi connectivity index (χ1) is 14.4. The van der Waals surface area contributed by atoms with Crippen LogP contribution in [0.4, 0.5) is 15.8 Å². The maximum atomic E-state index is 14.3. The first-order valence-corrected chi connectivity index (χ1v) is 10.2. The van der Waals surface area contributed by atoms with E-state index in [1.807, 2.05) is 48.5 Å². The number of benzene rings is 3. The normalized spacial score (nSPS) is 12.6. The van der Waals surface area contributed by atoms with E-state index in [9.17, 15) is 4.39 Å². The molecule has 0 heterocycles. The van der Waals surface area contributed by atoms with Gasteiger partial charge in [0.1, 0.15) is 11.6 Å². The SMILES string of the molecule is C#CC(C)(CCCc1ccc(F)c(Nc2ccc(Cl)cc2)c1)c1ccc(OC)cc1. The molecule has 0 aliphatic heterocycles. The molecule has 0 radical (unpaired) electrons. The molecule has 0 bridgehead atoms. The first kappa shape index (κ1) is 21.7. The van der Waals surface area contributed by atoms with E-state index in [-0.39, 0.29) is 11.2 Å². The summed E-state index contributed by atoms with van der Waals surface area (Å²) in [7, 11) is 1.65. The smallest absolute Gasteiger partial charge is 0.146 e. The summed E-state index contributed by atoms with van der Waals surface area (Å²) in [6.45, 7) is 2.08. The molecule has 0 fully saturated rings. The van der Waals surface area contributed by atoms with Crippen LogP contribution in [0.3, 0.4) is 0 Å². The summed E-state index contributed by atoms with van der Waals surface area (Å²) >= 11 is 5.91. The number of methoxy groups -OCH3 is 1. The highest BCUT2D eigenvalue weighted by Crippen LogP contribution is 2.31. The summed E-state index contributed by atoms with van der Waals surface area (Å²) in [6.07, 6.45) is 8.40. The summed E-state index contributed by atoms with van der Waals surface area (Å²) in [5.41, 5.74) is 3.02. The molecule has 0 saturated heterocycles. The van der Waals surface area contributed by atoms with E-state index in [4.69, 9.17) is 22.8 Å². The van der Waals surface area contributed by atoms with Crippen molar-refractivity contribution in [3.8, 4) is 18.1 Å². The van der Waals surface area contributed by atoms with Gasteiger partial charge in [0.25, 0.3) is 0 Å². The molecule has 2 nitrogen and oxygen atoms in total. The molecule has 0 aliphatic carbocycles. The van der Waals surface area contributed by atoms with Gasteiger partial charge >= 0.3 is 0 Å². The third kappa shape index (κ3) is 5.34. The number of anilines is 2. The van der Waals surface area contributed by atoms with Crippen LogP contribution >= 0.6 is 11.6 Å². The summed E-state index contributed by atoms with van der Waals surface area (Å²) in [4.78, 5) is 0. The average Bonchev–Trinajstić information content (AvgIpc) is 2.77. The third-order valence-electron chi connectivity index (χ3n) is 5.34. The molecule has 30 heavy (non-hydrogen) atoms. The second-order valence-corrected chi connectivity index (χ2v) is 7.94. The molecular weight excluding hydrogens is 397 g/mol. The van der Waals surface area contributed by atoms with E-state index in [2.05, 4.69) is 18.2 Å².